The first-order valence-electron chi connectivity index (χ1n) is 7.75. The van der Waals surface area contributed by atoms with Gasteiger partial charge in [0.2, 0.25) is 5.91 Å². The van der Waals surface area contributed by atoms with Crippen LogP contribution in [0.2, 0.25) is 0 Å². The molecule has 1 N–H and O–H groups in total. The van der Waals surface area contributed by atoms with Gasteiger partial charge in [-0.15, -0.1) is 0 Å². The van der Waals surface area contributed by atoms with Gasteiger partial charge in [-0.1, -0.05) is 20.3 Å². The molecule has 0 aliphatic carbocycles. The monoisotopic (exact) mass is 335 g/mol. The highest BCUT2D eigenvalue weighted by Crippen LogP contribution is 2.25. The number of ether oxygens (including phenoxy) is 3. The summed E-state index contributed by atoms with van der Waals surface area (Å²) in [4.78, 5) is 24.0. The van der Waals surface area contributed by atoms with E-state index in [0.717, 1.165) is 6.42 Å². The predicted octanol–water partition coefficient (Wildman–Crippen LogP) is 2.42. The molecule has 0 heterocycles. The number of esters is 1. The summed E-state index contributed by atoms with van der Waals surface area (Å²) in [5.41, 5.74) is 0.699. The highest BCUT2D eigenvalue weighted by atomic mass is 16.5. The smallest absolute Gasteiger partial charge is 0.328 e. The van der Waals surface area contributed by atoms with Crippen molar-refractivity contribution in [3.63, 3.8) is 0 Å². The lowest BCUT2D eigenvalue weighted by molar-refractivity contribution is -0.146. The van der Waals surface area contributed by atoms with Crippen molar-refractivity contribution in [2.45, 2.75) is 26.3 Å². The predicted molar refractivity (Wildman–Crippen MR) is 92.0 cm³/mol. The Morgan fingerprint density at radius 2 is 1.92 bits per heavy atom. The topological polar surface area (TPSA) is 73.9 Å². The van der Waals surface area contributed by atoms with Gasteiger partial charge in [0.25, 0.3) is 0 Å². The summed E-state index contributed by atoms with van der Waals surface area (Å²) in [6.07, 6.45) is 3.71. The third-order valence-corrected chi connectivity index (χ3v) is 3.82. The van der Waals surface area contributed by atoms with E-state index in [1.54, 1.807) is 38.5 Å². The minimum absolute atomic E-state index is 0.0267. The van der Waals surface area contributed by atoms with Gasteiger partial charge in [0.05, 0.1) is 21.3 Å². The molecule has 24 heavy (non-hydrogen) atoms. The summed E-state index contributed by atoms with van der Waals surface area (Å²) in [5, 5.41) is 2.68. The molecular formula is C18H25NO5. The van der Waals surface area contributed by atoms with Gasteiger partial charge in [-0.2, -0.15) is 0 Å². The maximum absolute atomic E-state index is 12.1. The van der Waals surface area contributed by atoms with E-state index in [2.05, 4.69) is 5.32 Å². The molecule has 1 amide bonds. The van der Waals surface area contributed by atoms with Crippen LogP contribution in [0.15, 0.2) is 24.3 Å². The molecule has 0 aliphatic heterocycles. The summed E-state index contributed by atoms with van der Waals surface area (Å²) >= 11 is 0. The Kier molecular flexibility index (Phi) is 7.82. The van der Waals surface area contributed by atoms with E-state index in [1.807, 2.05) is 13.8 Å². The zero-order valence-electron chi connectivity index (χ0n) is 14.8. The molecule has 1 rings (SSSR count). The number of benzene rings is 1. The van der Waals surface area contributed by atoms with Crippen molar-refractivity contribution in [1.82, 2.24) is 5.32 Å². The van der Waals surface area contributed by atoms with Crippen molar-refractivity contribution in [2.75, 3.05) is 21.3 Å². The number of nitrogens with one attached hydrogen (secondary N) is 1. The molecule has 0 saturated carbocycles. The third-order valence-electron chi connectivity index (χ3n) is 3.82. The first kappa shape index (κ1) is 19.5. The molecule has 1 aromatic carbocycles. The molecule has 0 aliphatic rings. The summed E-state index contributed by atoms with van der Waals surface area (Å²) in [5.74, 6) is 0.413. The van der Waals surface area contributed by atoms with Gasteiger partial charge in [-0.3, -0.25) is 4.79 Å². The van der Waals surface area contributed by atoms with Gasteiger partial charge in [0, 0.05) is 11.6 Å². The van der Waals surface area contributed by atoms with Crippen LogP contribution in [0.3, 0.4) is 0 Å². The summed E-state index contributed by atoms with van der Waals surface area (Å²) < 4.78 is 15.2. The van der Waals surface area contributed by atoms with E-state index in [9.17, 15) is 9.59 Å². The van der Waals surface area contributed by atoms with E-state index in [-0.39, 0.29) is 11.8 Å². The zero-order valence-corrected chi connectivity index (χ0v) is 14.8. The van der Waals surface area contributed by atoms with E-state index in [1.165, 1.54) is 13.2 Å². The first-order chi connectivity index (χ1) is 11.5. The number of hydrogen-bond acceptors (Lipinski definition) is 5. The molecule has 0 saturated heterocycles. The van der Waals surface area contributed by atoms with Gasteiger partial charge >= 0.3 is 5.97 Å². The van der Waals surface area contributed by atoms with Crippen LogP contribution in [-0.4, -0.2) is 39.2 Å². The van der Waals surface area contributed by atoms with Gasteiger partial charge in [-0.25, -0.2) is 4.79 Å². The van der Waals surface area contributed by atoms with Crippen LogP contribution in [0.5, 0.6) is 11.5 Å². The summed E-state index contributed by atoms with van der Waals surface area (Å²) in [6, 6.07) is 4.61. The Balaban J connectivity index is 2.89. The van der Waals surface area contributed by atoms with Crippen molar-refractivity contribution >= 4 is 18.0 Å². The van der Waals surface area contributed by atoms with Crippen LogP contribution in [0, 0.1) is 5.92 Å². The molecule has 0 aromatic heterocycles. The van der Waals surface area contributed by atoms with Gasteiger partial charge < -0.3 is 19.5 Å². The van der Waals surface area contributed by atoms with Gasteiger partial charge in [0.15, 0.2) is 0 Å². The van der Waals surface area contributed by atoms with E-state index < -0.39 is 12.0 Å². The van der Waals surface area contributed by atoms with Crippen LogP contribution in [0.4, 0.5) is 0 Å². The molecular weight excluding hydrogens is 310 g/mol. The fraction of sp³-hybridized carbons (Fsp3) is 0.444. The number of rotatable bonds is 8. The Labute approximate surface area is 142 Å². The maximum atomic E-state index is 12.1. The van der Waals surface area contributed by atoms with Crippen molar-refractivity contribution in [3.05, 3.63) is 29.8 Å². The molecule has 0 radical (unpaired) electrons. The molecule has 0 fully saturated rings. The summed E-state index contributed by atoms with van der Waals surface area (Å²) in [7, 11) is 4.42. The molecule has 0 bridgehead atoms. The molecule has 132 valence electrons. The van der Waals surface area contributed by atoms with Crippen LogP contribution in [0.1, 0.15) is 25.8 Å². The minimum atomic E-state index is -0.677. The highest BCUT2D eigenvalue weighted by molar-refractivity contribution is 5.95. The molecule has 0 unspecified atom stereocenters. The van der Waals surface area contributed by atoms with Crippen LogP contribution >= 0.6 is 0 Å². The fourth-order valence-electron chi connectivity index (χ4n) is 2.13. The SMILES string of the molecule is CC[C@@H](C)[C@H](NC(=O)/C=C/c1cc(OC)ccc1OC)C(=O)OC. The van der Waals surface area contributed by atoms with Crippen LogP contribution < -0.4 is 14.8 Å². The summed E-state index contributed by atoms with van der Waals surface area (Å²) in [6.45, 7) is 3.83. The molecule has 6 nitrogen and oxygen atoms in total. The highest BCUT2D eigenvalue weighted by Gasteiger charge is 2.25. The maximum Gasteiger partial charge on any atom is 0.328 e. The minimum Gasteiger partial charge on any atom is -0.497 e. The molecule has 0 spiro atoms. The second-order valence-corrected chi connectivity index (χ2v) is 5.34. The molecule has 2 atom stereocenters. The normalized spacial score (nSPS) is 13.2. The van der Waals surface area contributed by atoms with Crippen LogP contribution in [0.25, 0.3) is 6.08 Å². The van der Waals surface area contributed by atoms with Crippen molar-refractivity contribution < 1.29 is 23.8 Å². The van der Waals surface area contributed by atoms with Gasteiger partial charge in [-0.05, 0) is 30.2 Å². The van der Waals surface area contributed by atoms with E-state index in [0.29, 0.717) is 17.1 Å². The number of carbonyl (C=O) groups excluding carboxylic acids is 2. The second kappa shape index (κ2) is 9.60. The van der Waals surface area contributed by atoms with Gasteiger partial charge in [0.1, 0.15) is 17.5 Å². The Bertz CT molecular complexity index is 597. The lowest BCUT2D eigenvalue weighted by Gasteiger charge is -2.21. The lowest BCUT2D eigenvalue weighted by Crippen LogP contribution is -2.45. The number of hydrogen-bond donors (Lipinski definition) is 1. The quantitative estimate of drug-likeness (QED) is 0.583. The Hall–Kier alpha value is -2.50. The van der Waals surface area contributed by atoms with Crippen LogP contribution in [-0.2, 0) is 14.3 Å². The number of carbonyl (C=O) groups is 2. The van der Waals surface area contributed by atoms with E-state index in [4.69, 9.17) is 14.2 Å². The van der Waals surface area contributed by atoms with Crippen molar-refractivity contribution in [2.24, 2.45) is 5.92 Å². The van der Waals surface area contributed by atoms with Crippen molar-refractivity contribution in [3.8, 4) is 11.5 Å². The number of amides is 1. The first-order valence-corrected chi connectivity index (χ1v) is 7.75. The lowest BCUT2D eigenvalue weighted by atomic mass is 9.99. The largest absolute Gasteiger partial charge is 0.497 e. The fourth-order valence-corrected chi connectivity index (χ4v) is 2.13. The molecule has 6 heteroatoms. The average molecular weight is 335 g/mol. The molecule has 1 aromatic rings. The third kappa shape index (κ3) is 5.30. The zero-order chi connectivity index (χ0) is 18.1. The number of methoxy groups -OCH3 is 3. The Morgan fingerprint density at radius 1 is 1.21 bits per heavy atom. The standard InChI is InChI=1S/C18H25NO5/c1-6-12(2)17(18(21)24-5)19-16(20)10-7-13-11-14(22-3)8-9-15(13)23-4/h7-12,17H,6H2,1-5H3,(H,19,20)/b10-7+/t12-,17+/m1/s1. The van der Waals surface area contributed by atoms with E-state index >= 15 is 0 Å². The average Bonchev–Trinajstić information content (AvgIpc) is 2.62. The van der Waals surface area contributed by atoms with Crippen molar-refractivity contribution in [1.29, 1.82) is 0 Å². The second-order valence-electron chi connectivity index (χ2n) is 5.34. The Morgan fingerprint density at radius 3 is 2.46 bits per heavy atom.